The summed E-state index contributed by atoms with van der Waals surface area (Å²) in [6, 6.07) is 16.1. The van der Waals surface area contributed by atoms with Gasteiger partial charge in [0.1, 0.15) is 0 Å². The van der Waals surface area contributed by atoms with Gasteiger partial charge in [0.2, 0.25) is 0 Å². The third-order valence-electron chi connectivity index (χ3n) is 4.01. The first kappa shape index (κ1) is 10.8. The van der Waals surface area contributed by atoms with Crippen LogP contribution in [0.5, 0.6) is 0 Å². The minimum atomic E-state index is 0.737. The minimum absolute atomic E-state index is 0.737. The van der Waals surface area contributed by atoms with E-state index in [1.165, 1.54) is 42.1 Å². The zero-order valence-electron chi connectivity index (χ0n) is 10.4. The summed E-state index contributed by atoms with van der Waals surface area (Å²) in [5, 5.41) is 2.79. The van der Waals surface area contributed by atoms with Crippen molar-refractivity contribution in [3.8, 4) is 0 Å². The summed E-state index contributed by atoms with van der Waals surface area (Å²) in [6.45, 7) is 1.26. The lowest BCUT2D eigenvalue weighted by Gasteiger charge is -2.20. The molecule has 2 aromatic rings. The molecule has 1 aliphatic heterocycles. The van der Waals surface area contributed by atoms with Crippen molar-refractivity contribution >= 4 is 10.8 Å². The molecule has 88 valence electrons. The molecule has 1 nitrogen and oxygen atoms in total. The zero-order chi connectivity index (χ0) is 11.7. The highest BCUT2D eigenvalue weighted by Gasteiger charge is 2.21. The van der Waals surface area contributed by atoms with Crippen molar-refractivity contribution in [2.45, 2.75) is 25.3 Å². The monoisotopic (exact) mass is 225 g/mol. The number of nitrogens with zero attached hydrogens (tertiary/aromatic N) is 1. The van der Waals surface area contributed by atoms with E-state index in [1.807, 2.05) is 0 Å². The summed E-state index contributed by atoms with van der Waals surface area (Å²) in [5.41, 5.74) is 1.50. The lowest BCUT2D eigenvalue weighted by Crippen LogP contribution is -2.26. The largest absolute Gasteiger partial charge is 0.303 e. The first-order chi connectivity index (χ1) is 8.34. The van der Waals surface area contributed by atoms with Crippen LogP contribution in [0.2, 0.25) is 0 Å². The molecule has 0 spiro atoms. The number of benzene rings is 2. The molecule has 17 heavy (non-hydrogen) atoms. The molecule has 1 heteroatoms. The second kappa shape index (κ2) is 4.50. The Kier molecular flexibility index (Phi) is 2.86. The Morgan fingerprint density at radius 3 is 2.76 bits per heavy atom. The van der Waals surface area contributed by atoms with Crippen molar-refractivity contribution in [1.29, 1.82) is 0 Å². The van der Waals surface area contributed by atoms with Gasteiger partial charge in [-0.05, 0) is 49.2 Å². The Bertz CT molecular complexity index is 512. The van der Waals surface area contributed by atoms with E-state index in [2.05, 4.69) is 54.4 Å². The summed E-state index contributed by atoms with van der Waals surface area (Å²) in [6.07, 6.45) is 3.89. The molecule has 3 rings (SSSR count). The molecule has 1 atom stereocenters. The van der Waals surface area contributed by atoms with Gasteiger partial charge >= 0.3 is 0 Å². The molecule has 1 fully saturated rings. The van der Waals surface area contributed by atoms with Crippen molar-refractivity contribution in [3.63, 3.8) is 0 Å². The SMILES string of the molecule is CN1CCCC1Cc1cccc2ccccc12. The van der Waals surface area contributed by atoms with Crippen LogP contribution in [0.25, 0.3) is 10.8 Å². The smallest absolute Gasteiger partial charge is 0.0133 e. The van der Waals surface area contributed by atoms with E-state index in [1.54, 1.807) is 0 Å². The fourth-order valence-corrected chi connectivity index (χ4v) is 2.96. The number of likely N-dealkylation sites (tertiary alicyclic amines) is 1. The average Bonchev–Trinajstić information content (AvgIpc) is 2.76. The van der Waals surface area contributed by atoms with Crippen LogP contribution in [-0.4, -0.2) is 24.5 Å². The third kappa shape index (κ3) is 2.07. The lowest BCUT2D eigenvalue weighted by molar-refractivity contribution is 0.310. The maximum absolute atomic E-state index is 2.50. The molecule has 0 aromatic heterocycles. The van der Waals surface area contributed by atoms with Crippen molar-refractivity contribution in [3.05, 3.63) is 48.0 Å². The van der Waals surface area contributed by atoms with Gasteiger partial charge in [0.05, 0.1) is 0 Å². The molecule has 0 radical (unpaired) electrons. The molecular formula is C16H19N. The van der Waals surface area contributed by atoms with Gasteiger partial charge in [0.15, 0.2) is 0 Å². The van der Waals surface area contributed by atoms with E-state index in [0.29, 0.717) is 0 Å². The molecule has 0 saturated carbocycles. The average molecular weight is 225 g/mol. The van der Waals surface area contributed by atoms with E-state index in [4.69, 9.17) is 0 Å². The quantitative estimate of drug-likeness (QED) is 0.756. The van der Waals surface area contributed by atoms with Gasteiger partial charge in [0.25, 0.3) is 0 Å². The third-order valence-corrected chi connectivity index (χ3v) is 4.01. The van der Waals surface area contributed by atoms with Crippen LogP contribution < -0.4 is 0 Å². The minimum Gasteiger partial charge on any atom is -0.303 e. The van der Waals surface area contributed by atoms with Crippen molar-refractivity contribution in [2.75, 3.05) is 13.6 Å². The normalized spacial score (nSPS) is 21.1. The second-order valence-electron chi connectivity index (χ2n) is 5.12. The maximum Gasteiger partial charge on any atom is 0.0133 e. The topological polar surface area (TPSA) is 3.24 Å². The molecule has 0 amide bonds. The highest BCUT2D eigenvalue weighted by Crippen LogP contribution is 2.24. The Morgan fingerprint density at radius 2 is 1.94 bits per heavy atom. The summed E-state index contributed by atoms with van der Waals surface area (Å²) >= 11 is 0. The summed E-state index contributed by atoms with van der Waals surface area (Å²) in [7, 11) is 2.25. The number of hydrogen-bond donors (Lipinski definition) is 0. The molecule has 0 aliphatic carbocycles. The fraction of sp³-hybridized carbons (Fsp3) is 0.375. The van der Waals surface area contributed by atoms with E-state index >= 15 is 0 Å². The van der Waals surface area contributed by atoms with Crippen LogP contribution in [0, 0.1) is 0 Å². The molecule has 0 N–H and O–H groups in total. The first-order valence-electron chi connectivity index (χ1n) is 6.51. The van der Waals surface area contributed by atoms with Crippen LogP contribution in [0.4, 0.5) is 0 Å². The van der Waals surface area contributed by atoms with Crippen LogP contribution >= 0.6 is 0 Å². The standard InChI is InChI=1S/C16H19N/c1-17-11-5-9-15(17)12-14-8-4-7-13-6-2-3-10-16(13)14/h2-4,6-8,10,15H,5,9,11-12H2,1H3. The molecule has 0 bridgehead atoms. The van der Waals surface area contributed by atoms with E-state index < -0.39 is 0 Å². The Balaban J connectivity index is 1.94. The van der Waals surface area contributed by atoms with Gasteiger partial charge in [-0.2, -0.15) is 0 Å². The lowest BCUT2D eigenvalue weighted by atomic mass is 9.98. The highest BCUT2D eigenvalue weighted by atomic mass is 15.1. The first-order valence-corrected chi connectivity index (χ1v) is 6.51. The predicted octanol–water partition coefficient (Wildman–Crippen LogP) is 3.48. The molecule has 1 saturated heterocycles. The molecular weight excluding hydrogens is 206 g/mol. The molecule has 1 unspecified atom stereocenters. The van der Waals surface area contributed by atoms with Gasteiger partial charge in [-0.1, -0.05) is 42.5 Å². The number of hydrogen-bond acceptors (Lipinski definition) is 1. The van der Waals surface area contributed by atoms with Gasteiger partial charge in [-0.15, -0.1) is 0 Å². The van der Waals surface area contributed by atoms with Gasteiger partial charge in [-0.3, -0.25) is 0 Å². The van der Waals surface area contributed by atoms with E-state index in [0.717, 1.165) is 6.04 Å². The van der Waals surface area contributed by atoms with E-state index in [9.17, 15) is 0 Å². The van der Waals surface area contributed by atoms with Crippen LogP contribution in [0.3, 0.4) is 0 Å². The van der Waals surface area contributed by atoms with Crippen LogP contribution in [0.1, 0.15) is 18.4 Å². The predicted molar refractivity (Wildman–Crippen MR) is 73.3 cm³/mol. The molecule has 1 heterocycles. The Labute approximate surface area is 103 Å². The molecule has 2 aromatic carbocycles. The Hall–Kier alpha value is -1.34. The van der Waals surface area contributed by atoms with Crippen LogP contribution in [0.15, 0.2) is 42.5 Å². The van der Waals surface area contributed by atoms with Gasteiger partial charge in [-0.25, -0.2) is 0 Å². The molecule has 1 aliphatic rings. The number of likely N-dealkylation sites (N-methyl/N-ethyl adjacent to an activating group) is 1. The maximum atomic E-state index is 2.50. The van der Waals surface area contributed by atoms with Gasteiger partial charge in [0, 0.05) is 6.04 Å². The summed E-state index contributed by atoms with van der Waals surface area (Å²) < 4.78 is 0. The van der Waals surface area contributed by atoms with Gasteiger partial charge < -0.3 is 4.90 Å². The number of rotatable bonds is 2. The van der Waals surface area contributed by atoms with E-state index in [-0.39, 0.29) is 0 Å². The van der Waals surface area contributed by atoms with Crippen molar-refractivity contribution in [2.24, 2.45) is 0 Å². The highest BCUT2D eigenvalue weighted by molar-refractivity contribution is 5.85. The fourth-order valence-electron chi connectivity index (χ4n) is 2.96. The number of fused-ring (bicyclic) bond motifs is 1. The zero-order valence-corrected chi connectivity index (χ0v) is 10.4. The van der Waals surface area contributed by atoms with Crippen LogP contribution in [-0.2, 0) is 6.42 Å². The van der Waals surface area contributed by atoms with Crippen molar-refractivity contribution in [1.82, 2.24) is 4.90 Å². The Morgan fingerprint density at radius 1 is 1.12 bits per heavy atom. The van der Waals surface area contributed by atoms with Crippen molar-refractivity contribution < 1.29 is 0 Å². The summed E-state index contributed by atoms with van der Waals surface area (Å²) in [5.74, 6) is 0. The summed E-state index contributed by atoms with van der Waals surface area (Å²) in [4.78, 5) is 2.50. The second-order valence-corrected chi connectivity index (χ2v) is 5.12.